The van der Waals surface area contributed by atoms with E-state index in [1.54, 1.807) is 0 Å². The molecule has 0 aliphatic rings. The fraction of sp³-hybridized carbons (Fsp3) is 0.417. The molecule has 0 amide bonds. The summed E-state index contributed by atoms with van der Waals surface area (Å²) in [5.41, 5.74) is 1.43. The predicted octanol–water partition coefficient (Wildman–Crippen LogP) is 3.17. The predicted molar refractivity (Wildman–Crippen MR) is 64.3 cm³/mol. The quantitative estimate of drug-likeness (QED) is 0.525. The van der Waals surface area contributed by atoms with Crippen LogP contribution < -0.4 is 0 Å². The maximum Gasteiger partial charge on any atom is 0.179 e. The minimum Gasteiger partial charge on any atom is -0.355 e. The van der Waals surface area contributed by atoms with Gasteiger partial charge >= 0.3 is 0 Å². The van der Waals surface area contributed by atoms with E-state index in [1.807, 2.05) is 37.3 Å². The second kappa shape index (κ2) is 7.56. The SMILES string of the molecule is CCCOPC(=O)CCc1ccccc1. The molecular formula is C12H17O2P. The molecule has 1 atom stereocenters. The average Bonchev–Trinajstić information content (AvgIpc) is 2.28. The lowest BCUT2D eigenvalue weighted by molar-refractivity contribution is -0.111. The van der Waals surface area contributed by atoms with Crippen molar-refractivity contribution < 1.29 is 9.32 Å². The second-order valence-electron chi connectivity index (χ2n) is 3.36. The first kappa shape index (κ1) is 12.4. The molecule has 15 heavy (non-hydrogen) atoms. The fourth-order valence-electron chi connectivity index (χ4n) is 1.19. The summed E-state index contributed by atoms with van der Waals surface area (Å²) in [6.07, 6.45) is 2.38. The average molecular weight is 224 g/mol. The molecule has 1 rings (SSSR count). The van der Waals surface area contributed by atoms with Gasteiger partial charge in [0.2, 0.25) is 0 Å². The van der Waals surface area contributed by atoms with Gasteiger partial charge in [0, 0.05) is 6.42 Å². The molecule has 0 radical (unpaired) electrons. The van der Waals surface area contributed by atoms with E-state index in [4.69, 9.17) is 4.52 Å². The van der Waals surface area contributed by atoms with Crippen LogP contribution in [0.15, 0.2) is 30.3 Å². The molecular weight excluding hydrogens is 207 g/mol. The van der Waals surface area contributed by atoms with Crippen LogP contribution in [0, 0.1) is 0 Å². The Kier molecular flexibility index (Phi) is 6.22. The van der Waals surface area contributed by atoms with Crippen molar-refractivity contribution in [1.29, 1.82) is 0 Å². The zero-order chi connectivity index (χ0) is 10.9. The van der Waals surface area contributed by atoms with E-state index in [9.17, 15) is 4.79 Å². The first-order valence-electron chi connectivity index (χ1n) is 5.27. The van der Waals surface area contributed by atoms with Crippen LogP contribution in [-0.4, -0.2) is 12.1 Å². The fourth-order valence-corrected chi connectivity index (χ4v) is 1.88. The Labute approximate surface area is 92.9 Å². The summed E-state index contributed by atoms with van der Waals surface area (Å²) in [7, 11) is 0.0256. The van der Waals surface area contributed by atoms with Gasteiger partial charge in [0.15, 0.2) is 5.52 Å². The summed E-state index contributed by atoms with van der Waals surface area (Å²) in [4.78, 5) is 11.4. The minimum atomic E-state index is 0.0256. The van der Waals surface area contributed by atoms with Crippen LogP contribution in [0.1, 0.15) is 25.3 Å². The highest BCUT2D eigenvalue weighted by Crippen LogP contribution is 2.17. The molecule has 0 heterocycles. The van der Waals surface area contributed by atoms with Gasteiger partial charge in [0.25, 0.3) is 0 Å². The molecule has 3 heteroatoms. The lowest BCUT2D eigenvalue weighted by atomic mass is 10.1. The van der Waals surface area contributed by atoms with E-state index < -0.39 is 0 Å². The molecule has 0 saturated carbocycles. The van der Waals surface area contributed by atoms with Gasteiger partial charge in [-0.25, -0.2) is 0 Å². The maximum atomic E-state index is 11.4. The Morgan fingerprint density at radius 1 is 1.33 bits per heavy atom. The minimum absolute atomic E-state index is 0.0256. The molecule has 0 spiro atoms. The number of carbonyl (C=O) groups excluding carboxylic acids is 1. The number of benzene rings is 1. The van der Waals surface area contributed by atoms with Crippen LogP contribution in [0.25, 0.3) is 0 Å². The highest BCUT2D eigenvalue weighted by Gasteiger charge is 2.02. The number of hydrogen-bond acceptors (Lipinski definition) is 2. The van der Waals surface area contributed by atoms with Crippen molar-refractivity contribution in [3.63, 3.8) is 0 Å². The third-order valence-electron chi connectivity index (χ3n) is 1.98. The van der Waals surface area contributed by atoms with Crippen LogP contribution in [0.2, 0.25) is 0 Å². The molecule has 2 nitrogen and oxygen atoms in total. The van der Waals surface area contributed by atoms with Gasteiger partial charge in [0.1, 0.15) is 0 Å². The smallest absolute Gasteiger partial charge is 0.179 e. The Hall–Kier alpha value is -0.720. The van der Waals surface area contributed by atoms with Gasteiger partial charge < -0.3 is 4.52 Å². The Balaban J connectivity index is 2.17. The van der Waals surface area contributed by atoms with Crippen LogP contribution in [0.3, 0.4) is 0 Å². The summed E-state index contributed by atoms with van der Waals surface area (Å²) in [6.45, 7) is 2.73. The summed E-state index contributed by atoms with van der Waals surface area (Å²) in [5, 5.41) is 0. The Bertz CT molecular complexity index is 285. The number of carbonyl (C=O) groups is 1. The largest absolute Gasteiger partial charge is 0.355 e. The van der Waals surface area contributed by atoms with E-state index >= 15 is 0 Å². The molecule has 1 unspecified atom stereocenters. The normalized spacial score (nSPS) is 11.0. The van der Waals surface area contributed by atoms with Crippen molar-refractivity contribution >= 4 is 14.3 Å². The van der Waals surface area contributed by atoms with Gasteiger partial charge in [0.05, 0.1) is 15.4 Å². The number of hydrogen-bond donors (Lipinski definition) is 0. The topological polar surface area (TPSA) is 26.3 Å². The first-order valence-corrected chi connectivity index (χ1v) is 6.18. The van der Waals surface area contributed by atoms with Crippen molar-refractivity contribution in [2.24, 2.45) is 0 Å². The van der Waals surface area contributed by atoms with Gasteiger partial charge in [-0.15, -0.1) is 0 Å². The lowest BCUT2D eigenvalue weighted by Gasteiger charge is -2.01. The van der Waals surface area contributed by atoms with Crippen molar-refractivity contribution in [2.45, 2.75) is 26.2 Å². The summed E-state index contributed by atoms with van der Waals surface area (Å²) in [6, 6.07) is 10.1. The van der Waals surface area contributed by atoms with Crippen LogP contribution >= 0.6 is 8.81 Å². The zero-order valence-electron chi connectivity index (χ0n) is 9.03. The van der Waals surface area contributed by atoms with Gasteiger partial charge in [-0.2, -0.15) is 0 Å². The van der Waals surface area contributed by atoms with E-state index in [0.717, 1.165) is 12.8 Å². The van der Waals surface area contributed by atoms with E-state index in [0.29, 0.717) is 13.0 Å². The van der Waals surface area contributed by atoms with Crippen LogP contribution in [0.4, 0.5) is 0 Å². The van der Waals surface area contributed by atoms with Crippen LogP contribution in [0.5, 0.6) is 0 Å². The number of rotatable bonds is 7. The van der Waals surface area contributed by atoms with E-state index in [-0.39, 0.29) is 14.3 Å². The van der Waals surface area contributed by atoms with E-state index in [1.165, 1.54) is 5.56 Å². The van der Waals surface area contributed by atoms with Crippen molar-refractivity contribution in [3.05, 3.63) is 35.9 Å². The highest BCUT2D eigenvalue weighted by molar-refractivity contribution is 7.53. The third-order valence-corrected chi connectivity index (χ3v) is 2.80. The lowest BCUT2D eigenvalue weighted by Crippen LogP contribution is -1.95. The molecule has 0 bridgehead atoms. The maximum absolute atomic E-state index is 11.4. The van der Waals surface area contributed by atoms with Crippen molar-refractivity contribution in [1.82, 2.24) is 0 Å². The van der Waals surface area contributed by atoms with Gasteiger partial charge in [-0.1, -0.05) is 37.3 Å². The van der Waals surface area contributed by atoms with Crippen LogP contribution in [-0.2, 0) is 15.7 Å². The molecule has 0 fully saturated rings. The molecule has 0 aliphatic heterocycles. The number of aryl methyl sites for hydroxylation is 1. The van der Waals surface area contributed by atoms with Crippen molar-refractivity contribution in [2.75, 3.05) is 6.61 Å². The monoisotopic (exact) mass is 224 g/mol. The second-order valence-corrected chi connectivity index (χ2v) is 4.41. The van der Waals surface area contributed by atoms with Gasteiger partial charge in [-0.3, -0.25) is 4.79 Å². The third kappa shape index (κ3) is 5.66. The molecule has 0 aromatic heterocycles. The first-order chi connectivity index (χ1) is 7.33. The molecule has 0 saturated heterocycles. The molecule has 1 aromatic rings. The highest BCUT2D eigenvalue weighted by atomic mass is 31.1. The summed E-state index contributed by atoms with van der Waals surface area (Å²) < 4.78 is 5.21. The van der Waals surface area contributed by atoms with E-state index in [2.05, 4.69) is 0 Å². The molecule has 0 aliphatic carbocycles. The summed E-state index contributed by atoms with van der Waals surface area (Å²) >= 11 is 0. The Morgan fingerprint density at radius 2 is 2.07 bits per heavy atom. The molecule has 1 aromatic carbocycles. The Morgan fingerprint density at radius 3 is 2.73 bits per heavy atom. The molecule has 0 N–H and O–H groups in total. The zero-order valence-corrected chi connectivity index (χ0v) is 10.0. The summed E-state index contributed by atoms with van der Waals surface area (Å²) in [5.74, 6) is 0. The molecule has 82 valence electrons. The van der Waals surface area contributed by atoms with Crippen molar-refractivity contribution in [3.8, 4) is 0 Å². The standard InChI is InChI=1S/C12H17O2P/c1-2-10-14-15-12(13)9-8-11-6-4-3-5-7-11/h3-7,15H,2,8-10H2,1H3. The van der Waals surface area contributed by atoms with Gasteiger partial charge in [-0.05, 0) is 18.4 Å².